The van der Waals surface area contributed by atoms with Crippen molar-refractivity contribution in [2.75, 3.05) is 7.05 Å². The van der Waals surface area contributed by atoms with Gasteiger partial charge < -0.3 is 0 Å². The van der Waals surface area contributed by atoms with Gasteiger partial charge in [-0.15, -0.1) is 11.3 Å². The number of carbonyl (C=O) groups is 1. The summed E-state index contributed by atoms with van der Waals surface area (Å²) in [6.07, 6.45) is 9.28. The zero-order chi connectivity index (χ0) is 14.9. The molecule has 0 radical (unpaired) electrons. The summed E-state index contributed by atoms with van der Waals surface area (Å²) in [6, 6.07) is 5.97. The van der Waals surface area contributed by atoms with E-state index in [1.165, 1.54) is 4.88 Å². The maximum atomic E-state index is 11.8. The van der Waals surface area contributed by atoms with E-state index in [9.17, 15) is 4.79 Å². The van der Waals surface area contributed by atoms with Crippen molar-refractivity contribution in [2.24, 2.45) is 4.99 Å². The van der Waals surface area contributed by atoms with Crippen LogP contribution >= 0.6 is 22.7 Å². The minimum Gasteiger partial charge on any atom is -0.294 e. The predicted octanol–water partition coefficient (Wildman–Crippen LogP) is 5.11. The Morgan fingerprint density at radius 2 is 2.19 bits per heavy atom. The Morgan fingerprint density at radius 1 is 1.29 bits per heavy atom. The van der Waals surface area contributed by atoms with Crippen LogP contribution in [0.4, 0.5) is 0 Å². The molecule has 0 aliphatic rings. The molecule has 4 heteroatoms. The summed E-state index contributed by atoms with van der Waals surface area (Å²) in [6.45, 7) is 0. The molecule has 0 saturated heterocycles. The molecule has 0 unspecified atom stereocenters. The molecule has 0 spiro atoms. The quantitative estimate of drug-likeness (QED) is 0.515. The molecule has 0 fully saturated rings. The van der Waals surface area contributed by atoms with Crippen LogP contribution in [0.5, 0.6) is 0 Å². The van der Waals surface area contributed by atoms with E-state index >= 15 is 0 Å². The van der Waals surface area contributed by atoms with E-state index in [0.29, 0.717) is 6.42 Å². The first-order valence-electron chi connectivity index (χ1n) is 6.70. The lowest BCUT2D eigenvalue weighted by molar-refractivity contribution is 0.0984. The van der Waals surface area contributed by atoms with Gasteiger partial charge >= 0.3 is 0 Å². The smallest absolute Gasteiger partial charge is 0.164 e. The van der Waals surface area contributed by atoms with Gasteiger partial charge in [-0.1, -0.05) is 12.1 Å². The molecular weight excluding hydrogens is 298 g/mol. The highest BCUT2D eigenvalue weighted by Crippen LogP contribution is 2.11. The monoisotopic (exact) mass is 315 g/mol. The van der Waals surface area contributed by atoms with Crippen molar-refractivity contribution in [3.05, 3.63) is 63.0 Å². The number of hydrogen-bond acceptors (Lipinski definition) is 4. The summed E-state index contributed by atoms with van der Waals surface area (Å²) < 4.78 is 0. The Balaban J connectivity index is 1.81. The van der Waals surface area contributed by atoms with Gasteiger partial charge in [-0.05, 0) is 47.5 Å². The van der Waals surface area contributed by atoms with Crippen molar-refractivity contribution in [2.45, 2.75) is 12.8 Å². The Bertz CT molecular complexity index is 634. The lowest BCUT2D eigenvalue weighted by Gasteiger charge is -1.95. The van der Waals surface area contributed by atoms with Gasteiger partial charge in [0.2, 0.25) is 0 Å². The number of allylic oxidation sites excluding steroid dienone is 3. The highest BCUT2D eigenvalue weighted by atomic mass is 32.1. The Labute approximate surface area is 133 Å². The fourth-order valence-corrected chi connectivity index (χ4v) is 3.02. The number of carbonyl (C=O) groups excluding carboxylic acids is 1. The molecule has 2 aromatic heterocycles. The number of aliphatic imine (C=N–C) groups is 1. The number of rotatable bonds is 7. The van der Waals surface area contributed by atoms with Gasteiger partial charge in [0.1, 0.15) is 0 Å². The molecule has 0 aliphatic heterocycles. The highest BCUT2D eigenvalue weighted by Gasteiger charge is 2.03. The maximum absolute atomic E-state index is 11.8. The van der Waals surface area contributed by atoms with Crippen molar-refractivity contribution < 1.29 is 4.79 Å². The van der Waals surface area contributed by atoms with Crippen molar-refractivity contribution in [1.29, 1.82) is 0 Å². The van der Waals surface area contributed by atoms with Crippen molar-refractivity contribution in [3.63, 3.8) is 0 Å². The predicted molar refractivity (Wildman–Crippen MR) is 93.7 cm³/mol. The zero-order valence-corrected chi connectivity index (χ0v) is 13.5. The molecule has 0 bridgehead atoms. The Morgan fingerprint density at radius 3 is 2.86 bits per heavy atom. The molecule has 2 nitrogen and oxygen atoms in total. The molecule has 2 rings (SSSR count). The Kier molecular flexibility index (Phi) is 6.31. The third-order valence-electron chi connectivity index (χ3n) is 2.89. The third kappa shape index (κ3) is 5.25. The number of Topliss-reactive ketones (excluding diaryl/α,β-unsaturated/α-hetero) is 1. The molecule has 0 N–H and O–H groups in total. The van der Waals surface area contributed by atoms with Crippen LogP contribution in [0.2, 0.25) is 0 Å². The molecule has 0 amide bonds. The summed E-state index contributed by atoms with van der Waals surface area (Å²) in [5.41, 5.74) is 1.72. The lowest BCUT2D eigenvalue weighted by atomic mass is 10.1. The molecule has 2 heterocycles. The van der Waals surface area contributed by atoms with Gasteiger partial charge in [-0.3, -0.25) is 9.79 Å². The fourth-order valence-electron chi connectivity index (χ4n) is 1.74. The van der Waals surface area contributed by atoms with Crippen molar-refractivity contribution in [3.8, 4) is 0 Å². The number of hydrogen-bond donors (Lipinski definition) is 0. The van der Waals surface area contributed by atoms with Gasteiger partial charge in [0, 0.05) is 29.3 Å². The SMILES string of the molecule is CN=C(/C=C\CCC(=O)c1ccsc1)/C=C/c1cccs1. The highest BCUT2D eigenvalue weighted by molar-refractivity contribution is 7.10. The summed E-state index contributed by atoms with van der Waals surface area (Å²) in [5.74, 6) is 0.199. The van der Waals surface area contributed by atoms with E-state index in [0.717, 1.165) is 17.7 Å². The zero-order valence-electron chi connectivity index (χ0n) is 11.9. The van der Waals surface area contributed by atoms with Crippen LogP contribution in [-0.4, -0.2) is 18.5 Å². The topological polar surface area (TPSA) is 29.4 Å². The number of thiophene rings is 2. The van der Waals surface area contributed by atoms with Gasteiger partial charge in [0.05, 0.1) is 5.71 Å². The van der Waals surface area contributed by atoms with E-state index in [1.54, 1.807) is 29.7 Å². The van der Waals surface area contributed by atoms with E-state index in [1.807, 2.05) is 52.6 Å². The van der Waals surface area contributed by atoms with Crippen LogP contribution in [0.3, 0.4) is 0 Å². The van der Waals surface area contributed by atoms with Crippen LogP contribution in [0, 0.1) is 0 Å². The van der Waals surface area contributed by atoms with Gasteiger partial charge in [0.15, 0.2) is 5.78 Å². The van der Waals surface area contributed by atoms with Gasteiger partial charge in [-0.25, -0.2) is 0 Å². The fraction of sp³-hybridized carbons (Fsp3) is 0.176. The second kappa shape index (κ2) is 8.49. The van der Waals surface area contributed by atoms with Gasteiger partial charge in [-0.2, -0.15) is 11.3 Å². The first-order valence-corrected chi connectivity index (χ1v) is 8.52. The minimum absolute atomic E-state index is 0.199. The summed E-state index contributed by atoms with van der Waals surface area (Å²) in [5, 5.41) is 5.88. The summed E-state index contributed by atoms with van der Waals surface area (Å²) >= 11 is 3.25. The minimum atomic E-state index is 0.199. The van der Waals surface area contributed by atoms with Crippen LogP contribution in [0.1, 0.15) is 28.1 Å². The molecule has 2 aromatic rings. The average molecular weight is 315 g/mol. The van der Waals surface area contributed by atoms with Crippen LogP contribution in [0.25, 0.3) is 6.08 Å². The average Bonchev–Trinajstić information content (AvgIpc) is 3.19. The normalized spacial score (nSPS) is 12.5. The van der Waals surface area contributed by atoms with Crippen molar-refractivity contribution in [1.82, 2.24) is 0 Å². The summed E-state index contributed by atoms with van der Waals surface area (Å²) in [7, 11) is 1.77. The van der Waals surface area contributed by atoms with E-state index < -0.39 is 0 Å². The van der Waals surface area contributed by atoms with Crippen LogP contribution in [-0.2, 0) is 0 Å². The first kappa shape index (κ1) is 15.6. The molecule has 21 heavy (non-hydrogen) atoms. The van der Waals surface area contributed by atoms with E-state index in [-0.39, 0.29) is 5.78 Å². The second-order valence-electron chi connectivity index (χ2n) is 4.37. The molecule has 0 atom stereocenters. The first-order chi connectivity index (χ1) is 10.3. The van der Waals surface area contributed by atoms with Gasteiger partial charge in [0.25, 0.3) is 0 Å². The van der Waals surface area contributed by atoms with Crippen molar-refractivity contribution >= 4 is 40.2 Å². The third-order valence-corrected chi connectivity index (χ3v) is 4.41. The standard InChI is InChI=1S/C17H17NOS2/c1-18-15(8-9-16-6-4-11-21-16)5-2-3-7-17(19)14-10-12-20-13-14/h2,4-6,8-13H,3,7H2,1H3/b5-2-,9-8+,18-15?. The lowest BCUT2D eigenvalue weighted by Crippen LogP contribution is -1.95. The molecule has 0 aromatic carbocycles. The number of nitrogens with zero attached hydrogens (tertiary/aromatic N) is 1. The summed E-state index contributed by atoms with van der Waals surface area (Å²) in [4.78, 5) is 17.3. The van der Waals surface area contributed by atoms with Crippen LogP contribution < -0.4 is 0 Å². The molecular formula is C17H17NOS2. The molecule has 0 saturated carbocycles. The Hall–Kier alpha value is -1.78. The molecule has 108 valence electrons. The largest absolute Gasteiger partial charge is 0.294 e. The second-order valence-corrected chi connectivity index (χ2v) is 6.13. The maximum Gasteiger partial charge on any atom is 0.164 e. The number of ketones is 1. The van der Waals surface area contributed by atoms with E-state index in [2.05, 4.69) is 11.1 Å². The molecule has 0 aliphatic carbocycles. The van der Waals surface area contributed by atoms with Crippen LogP contribution in [0.15, 0.2) is 57.6 Å². The van der Waals surface area contributed by atoms with E-state index in [4.69, 9.17) is 0 Å².